The molecule has 2 aliphatic heterocycles. The zero-order valence-electron chi connectivity index (χ0n) is 18.8. The van der Waals surface area contributed by atoms with Gasteiger partial charge in [0.2, 0.25) is 0 Å². The Morgan fingerprint density at radius 2 is 2.23 bits per heavy atom. The van der Waals surface area contributed by atoms with Gasteiger partial charge in [-0.1, -0.05) is 6.92 Å². The van der Waals surface area contributed by atoms with Gasteiger partial charge < -0.3 is 15.0 Å². The summed E-state index contributed by atoms with van der Waals surface area (Å²) < 4.78 is 6.49. The SMILES string of the molecule is CCc1cc2c(s1)CCO[C@@]21CCN(C[C@H]2C[C@@H](NC(=O)c3cnc(C)s3)C2)[C@@H](C)C1. The highest BCUT2D eigenvalue weighted by atomic mass is 32.1. The lowest BCUT2D eigenvalue weighted by Crippen LogP contribution is -2.54. The molecule has 1 aliphatic carbocycles. The Labute approximate surface area is 193 Å². The lowest BCUT2D eigenvalue weighted by molar-refractivity contribution is -0.114. The number of hydrogen-bond acceptors (Lipinski definition) is 6. The van der Waals surface area contributed by atoms with Crippen molar-refractivity contribution in [2.45, 2.75) is 77.0 Å². The third kappa shape index (κ3) is 4.22. The Bertz CT molecular complexity index is 949. The number of piperidine rings is 1. The Kier molecular flexibility index (Phi) is 5.97. The van der Waals surface area contributed by atoms with Crippen LogP contribution in [0.1, 0.15) is 69.5 Å². The molecule has 0 aromatic carbocycles. The molecule has 7 heteroatoms. The Hall–Kier alpha value is -1.28. The normalized spacial score (nSPS) is 30.7. The van der Waals surface area contributed by atoms with Crippen molar-refractivity contribution in [3.8, 4) is 0 Å². The number of nitrogens with one attached hydrogen (secondary N) is 1. The van der Waals surface area contributed by atoms with Crippen LogP contribution >= 0.6 is 22.7 Å². The number of ether oxygens (including phenoxy) is 1. The van der Waals surface area contributed by atoms with E-state index in [2.05, 4.69) is 35.1 Å². The molecule has 1 saturated carbocycles. The number of carbonyl (C=O) groups is 1. The topological polar surface area (TPSA) is 54.5 Å². The van der Waals surface area contributed by atoms with Crippen LogP contribution < -0.4 is 5.32 Å². The summed E-state index contributed by atoms with van der Waals surface area (Å²) in [6.07, 6.45) is 8.26. The molecule has 5 rings (SSSR count). The number of hydrogen-bond donors (Lipinski definition) is 1. The van der Waals surface area contributed by atoms with E-state index in [1.807, 2.05) is 18.3 Å². The molecule has 31 heavy (non-hydrogen) atoms. The number of amides is 1. The van der Waals surface area contributed by atoms with Gasteiger partial charge in [0.15, 0.2) is 0 Å². The number of carbonyl (C=O) groups excluding carboxylic acids is 1. The van der Waals surface area contributed by atoms with Crippen LogP contribution in [0.5, 0.6) is 0 Å². The number of nitrogens with zero attached hydrogens (tertiary/aromatic N) is 2. The Morgan fingerprint density at radius 1 is 1.39 bits per heavy atom. The molecule has 2 atom stereocenters. The number of likely N-dealkylation sites (tertiary alicyclic amines) is 1. The predicted molar refractivity (Wildman–Crippen MR) is 126 cm³/mol. The first kappa shape index (κ1) is 21.6. The van der Waals surface area contributed by atoms with E-state index in [4.69, 9.17) is 4.74 Å². The summed E-state index contributed by atoms with van der Waals surface area (Å²) in [7, 11) is 0. The molecule has 1 spiro atoms. The van der Waals surface area contributed by atoms with Gasteiger partial charge in [0.05, 0.1) is 23.4 Å². The standard InChI is InChI=1S/C24H33N3O2S2/c1-4-19-11-20-21(31-19)5-8-29-24(20)6-7-27(15(2)12-24)14-17-9-18(10-17)26-23(28)22-13-25-16(3)30-22/h11,13,15,17-18H,4-10,12,14H2,1-3H3,(H,26,28)/t15-,17-,18+,24+/m0/s1. The predicted octanol–water partition coefficient (Wildman–Crippen LogP) is 4.54. The number of thiophene rings is 1. The van der Waals surface area contributed by atoms with E-state index in [1.54, 1.807) is 11.1 Å². The van der Waals surface area contributed by atoms with Crippen molar-refractivity contribution in [2.24, 2.45) is 5.92 Å². The molecule has 4 heterocycles. The maximum absolute atomic E-state index is 12.3. The van der Waals surface area contributed by atoms with Gasteiger partial charge in [-0.3, -0.25) is 4.79 Å². The molecule has 2 fully saturated rings. The van der Waals surface area contributed by atoms with E-state index in [0.29, 0.717) is 18.0 Å². The summed E-state index contributed by atoms with van der Waals surface area (Å²) in [6.45, 7) is 9.67. The van der Waals surface area contributed by atoms with Gasteiger partial charge >= 0.3 is 0 Å². The van der Waals surface area contributed by atoms with Crippen LogP contribution in [0.4, 0.5) is 0 Å². The van der Waals surface area contributed by atoms with Crippen molar-refractivity contribution in [3.63, 3.8) is 0 Å². The first-order valence-electron chi connectivity index (χ1n) is 11.7. The molecule has 3 aliphatic rings. The number of aromatic nitrogens is 1. The lowest BCUT2D eigenvalue weighted by atomic mass is 9.76. The van der Waals surface area contributed by atoms with Gasteiger partial charge in [0, 0.05) is 41.3 Å². The zero-order chi connectivity index (χ0) is 21.6. The van der Waals surface area contributed by atoms with E-state index in [0.717, 1.165) is 68.1 Å². The van der Waals surface area contributed by atoms with E-state index in [1.165, 1.54) is 21.8 Å². The maximum atomic E-state index is 12.3. The van der Waals surface area contributed by atoms with Crippen LogP contribution in [0.15, 0.2) is 12.3 Å². The minimum Gasteiger partial charge on any atom is -0.370 e. The summed E-state index contributed by atoms with van der Waals surface area (Å²) in [4.78, 5) is 23.0. The molecule has 0 unspecified atom stereocenters. The lowest BCUT2D eigenvalue weighted by Gasteiger charge is -2.49. The fourth-order valence-corrected chi connectivity index (χ4v) is 7.46. The van der Waals surface area contributed by atoms with Crippen LogP contribution in [0, 0.1) is 12.8 Å². The van der Waals surface area contributed by atoms with Crippen molar-refractivity contribution in [3.05, 3.63) is 37.5 Å². The molecule has 1 N–H and O–H groups in total. The minimum atomic E-state index is -0.0591. The molecule has 168 valence electrons. The molecule has 2 aromatic rings. The fourth-order valence-electron chi connectivity index (χ4n) is 5.60. The van der Waals surface area contributed by atoms with Gasteiger partial charge in [-0.05, 0) is 63.5 Å². The van der Waals surface area contributed by atoms with E-state index < -0.39 is 0 Å². The smallest absolute Gasteiger partial charge is 0.263 e. The van der Waals surface area contributed by atoms with Gasteiger partial charge in [0.25, 0.3) is 5.91 Å². The fraction of sp³-hybridized carbons (Fsp3) is 0.667. The van der Waals surface area contributed by atoms with Crippen molar-refractivity contribution < 1.29 is 9.53 Å². The van der Waals surface area contributed by atoms with Gasteiger partial charge in [0.1, 0.15) is 4.88 Å². The molecule has 1 amide bonds. The van der Waals surface area contributed by atoms with Gasteiger partial charge in [-0.25, -0.2) is 4.98 Å². The molecular formula is C24H33N3O2S2. The molecule has 1 saturated heterocycles. The average Bonchev–Trinajstić information content (AvgIpc) is 3.35. The number of fused-ring (bicyclic) bond motifs is 2. The number of aryl methyl sites for hydroxylation is 2. The third-order valence-electron chi connectivity index (χ3n) is 7.37. The van der Waals surface area contributed by atoms with E-state index in [9.17, 15) is 4.79 Å². The molecule has 2 aromatic heterocycles. The average molecular weight is 460 g/mol. The number of rotatable bonds is 5. The summed E-state index contributed by atoms with van der Waals surface area (Å²) in [5, 5.41) is 4.12. The Balaban J connectivity index is 1.14. The summed E-state index contributed by atoms with van der Waals surface area (Å²) in [5.41, 5.74) is 1.44. The maximum Gasteiger partial charge on any atom is 0.263 e. The zero-order valence-corrected chi connectivity index (χ0v) is 20.4. The van der Waals surface area contributed by atoms with Crippen LogP contribution in [0.3, 0.4) is 0 Å². The second-order valence-corrected chi connectivity index (χ2v) is 12.0. The van der Waals surface area contributed by atoms with Crippen LogP contribution in [-0.4, -0.2) is 47.6 Å². The monoisotopic (exact) mass is 459 g/mol. The van der Waals surface area contributed by atoms with Gasteiger partial charge in [-0.15, -0.1) is 22.7 Å². The van der Waals surface area contributed by atoms with Crippen LogP contribution in [-0.2, 0) is 23.2 Å². The second kappa shape index (κ2) is 8.58. The van der Waals surface area contributed by atoms with Crippen molar-refractivity contribution >= 4 is 28.6 Å². The molecule has 5 nitrogen and oxygen atoms in total. The third-order valence-corrected chi connectivity index (χ3v) is 9.62. The highest BCUT2D eigenvalue weighted by molar-refractivity contribution is 7.13. The highest BCUT2D eigenvalue weighted by Gasteiger charge is 2.45. The highest BCUT2D eigenvalue weighted by Crippen LogP contribution is 2.46. The minimum absolute atomic E-state index is 0.0368. The summed E-state index contributed by atoms with van der Waals surface area (Å²) >= 11 is 3.47. The second-order valence-electron chi connectivity index (χ2n) is 9.55. The van der Waals surface area contributed by atoms with Crippen molar-refractivity contribution in [1.29, 1.82) is 0 Å². The first-order valence-corrected chi connectivity index (χ1v) is 13.3. The molecule has 0 radical (unpaired) electrons. The Morgan fingerprint density at radius 3 is 2.94 bits per heavy atom. The van der Waals surface area contributed by atoms with Gasteiger partial charge in [-0.2, -0.15) is 0 Å². The summed E-state index contributed by atoms with van der Waals surface area (Å²) in [5.74, 6) is 0.718. The molecule has 0 bridgehead atoms. The number of thiazole rings is 1. The molecular weight excluding hydrogens is 426 g/mol. The van der Waals surface area contributed by atoms with E-state index >= 15 is 0 Å². The van der Waals surface area contributed by atoms with E-state index in [-0.39, 0.29) is 11.5 Å². The van der Waals surface area contributed by atoms with Crippen molar-refractivity contribution in [1.82, 2.24) is 15.2 Å². The summed E-state index contributed by atoms with van der Waals surface area (Å²) in [6, 6.07) is 3.28. The van der Waals surface area contributed by atoms with Crippen LogP contribution in [0.25, 0.3) is 0 Å². The first-order chi connectivity index (χ1) is 15.0. The largest absolute Gasteiger partial charge is 0.370 e. The quantitative estimate of drug-likeness (QED) is 0.713. The van der Waals surface area contributed by atoms with Crippen LogP contribution in [0.2, 0.25) is 0 Å². The van der Waals surface area contributed by atoms with Crippen molar-refractivity contribution in [2.75, 3.05) is 19.7 Å².